The zero-order valence-corrected chi connectivity index (χ0v) is 9.16. The van der Waals surface area contributed by atoms with Gasteiger partial charge in [-0.3, -0.25) is 15.2 Å². The molecule has 3 N–H and O–H groups in total. The van der Waals surface area contributed by atoms with Gasteiger partial charge in [0.2, 0.25) is 5.95 Å². The molecule has 0 aliphatic rings. The highest BCUT2D eigenvalue weighted by molar-refractivity contribution is 5.95. The Morgan fingerprint density at radius 3 is 2.80 bits per heavy atom. The number of nitrogens with zero attached hydrogens (tertiary/aromatic N) is 2. The van der Waals surface area contributed by atoms with Crippen molar-refractivity contribution in [1.82, 2.24) is 15.2 Å². The topological polar surface area (TPSA) is 90.9 Å². The van der Waals surface area contributed by atoms with E-state index >= 15 is 0 Å². The number of aliphatic hydroxyl groups is 1. The minimum atomic E-state index is -1.37. The molecule has 1 aromatic rings. The fourth-order valence-corrected chi connectivity index (χ4v) is 1.24. The van der Waals surface area contributed by atoms with E-state index in [2.05, 4.69) is 20.5 Å². The van der Waals surface area contributed by atoms with Crippen LogP contribution in [0.3, 0.4) is 0 Å². The van der Waals surface area contributed by atoms with Crippen LogP contribution in [-0.4, -0.2) is 31.8 Å². The van der Waals surface area contributed by atoms with Crippen molar-refractivity contribution in [2.24, 2.45) is 0 Å². The van der Waals surface area contributed by atoms with Crippen molar-refractivity contribution >= 4 is 11.9 Å². The summed E-state index contributed by atoms with van der Waals surface area (Å²) < 4.78 is 0. The highest BCUT2D eigenvalue weighted by Crippen LogP contribution is 2.13. The number of nitrogens with one attached hydrogen (secondary N) is 2. The van der Waals surface area contributed by atoms with Gasteiger partial charge in [0.25, 0.3) is 5.91 Å². The largest absolute Gasteiger partial charge is 0.380 e. The maximum Gasteiger partial charge on any atom is 0.258 e. The Balaban J connectivity index is 2.63. The van der Waals surface area contributed by atoms with Crippen LogP contribution >= 0.6 is 0 Å². The molecule has 84 valence electrons. The highest BCUT2D eigenvalue weighted by atomic mass is 16.3. The van der Waals surface area contributed by atoms with E-state index in [0.717, 1.165) is 6.42 Å². The Morgan fingerprint density at radius 1 is 1.67 bits per heavy atom. The van der Waals surface area contributed by atoms with E-state index in [1.165, 1.54) is 6.92 Å². The van der Waals surface area contributed by atoms with Crippen molar-refractivity contribution in [2.75, 3.05) is 5.32 Å². The number of hydrogen-bond acceptors (Lipinski definition) is 4. The third-order valence-electron chi connectivity index (χ3n) is 2.05. The number of carbonyl (C=O) groups excluding carboxylic acids is 1. The molecule has 1 aromatic heterocycles. The first kappa shape index (κ1) is 11.6. The maximum absolute atomic E-state index is 11.6. The lowest BCUT2D eigenvalue weighted by molar-refractivity contribution is -0.133. The summed E-state index contributed by atoms with van der Waals surface area (Å²) in [6, 6.07) is 0. The van der Waals surface area contributed by atoms with Gasteiger partial charge in [0.05, 0.1) is 0 Å². The van der Waals surface area contributed by atoms with E-state index in [4.69, 9.17) is 0 Å². The van der Waals surface area contributed by atoms with Crippen molar-refractivity contribution in [3.8, 4) is 0 Å². The summed E-state index contributed by atoms with van der Waals surface area (Å²) >= 11 is 0. The second-order valence-electron chi connectivity index (χ2n) is 3.72. The van der Waals surface area contributed by atoms with Gasteiger partial charge in [-0.15, -0.1) is 5.10 Å². The number of H-pyrrole nitrogens is 1. The van der Waals surface area contributed by atoms with E-state index in [1.807, 2.05) is 6.92 Å². The number of hydrogen-bond donors (Lipinski definition) is 3. The molecule has 15 heavy (non-hydrogen) atoms. The first-order chi connectivity index (χ1) is 6.95. The van der Waals surface area contributed by atoms with Gasteiger partial charge in [-0.05, 0) is 20.3 Å². The number of rotatable bonds is 4. The molecule has 0 aliphatic carbocycles. The average Bonchev–Trinajstić information content (AvgIpc) is 2.51. The first-order valence-corrected chi connectivity index (χ1v) is 4.88. The van der Waals surface area contributed by atoms with E-state index in [1.54, 1.807) is 6.92 Å². The highest BCUT2D eigenvalue weighted by Gasteiger charge is 2.29. The van der Waals surface area contributed by atoms with Crippen LogP contribution in [-0.2, 0) is 4.79 Å². The van der Waals surface area contributed by atoms with Crippen LogP contribution in [0.2, 0.25) is 0 Å². The molecule has 0 spiro atoms. The fourth-order valence-electron chi connectivity index (χ4n) is 1.24. The van der Waals surface area contributed by atoms with Crippen LogP contribution in [0.1, 0.15) is 32.5 Å². The Hall–Kier alpha value is -1.43. The predicted octanol–water partition coefficient (Wildman–Crippen LogP) is 0.603. The third-order valence-corrected chi connectivity index (χ3v) is 2.05. The molecule has 0 aliphatic heterocycles. The van der Waals surface area contributed by atoms with Gasteiger partial charge in [-0.2, -0.15) is 4.98 Å². The molecule has 1 heterocycles. The first-order valence-electron chi connectivity index (χ1n) is 4.88. The minimum absolute atomic E-state index is 0.189. The Bertz CT molecular complexity index is 346. The van der Waals surface area contributed by atoms with Gasteiger partial charge in [0.15, 0.2) is 0 Å². The minimum Gasteiger partial charge on any atom is -0.380 e. The second-order valence-corrected chi connectivity index (χ2v) is 3.72. The average molecular weight is 212 g/mol. The molecule has 1 rings (SSSR count). The third kappa shape index (κ3) is 3.02. The van der Waals surface area contributed by atoms with Crippen LogP contribution in [0.4, 0.5) is 5.95 Å². The van der Waals surface area contributed by atoms with E-state index in [-0.39, 0.29) is 5.95 Å². The molecule has 0 radical (unpaired) electrons. The summed E-state index contributed by atoms with van der Waals surface area (Å²) in [6.07, 6.45) is 1.13. The fraction of sp³-hybridized carbons (Fsp3) is 0.667. The molecule has 6 heteroatoms. The zero-order valence-electron chi connectivity index (χ0n) is 9.16. The summed E-state index contributed by atoms with van der Waals surface area (Å²) in [4.78, 5) is 15.5. The number of aryl methyl sites for hydroxylation is 1. The van der Waals surface area contributed by atoms with Gasteiger partial charge >= 0.3 is 0 Å². The number of aromatic amines is 1. The summed E-state index contributed by atoms with van der Waals surface area (Å²) in [5, 5.41) is 18.6. The van der Waals surface area contributed by atoms with Crippen LogP contribution in [0.5, 0.6) is 0 Å². The number of amides is 1. The molecule has 6 nitrogen and oxygen atoms in total. The molecule has 0 saturated carbocycles. The van der Waals surface area contributed by atoms with E-state index in [0.29, 0.717) is 12.2 Å². The van der Waals surface area contributed by atoms with Gasteiger partial charge in [0, 0.05) is 0 Å². The lowest BCUT2D eigenvalue weighted by Gasteiger charge is -2.20. The molecule has 0 bridgehead atoms. The molecule has 0 aromatic carbocycles. The molecule has 0 fully saturated rings. The molecule has 1 amide bonds. The summed E-state index contributed by atoms with van der Waals surface area (Å²) in [7, 11) is 0. The second kappa shape index (κ2) is 4.39. The lowest BCUT2D eigenvalue weighted by atomic mass is 10.00. The number of anilines is 1. The Labute approximate surface area is 88.1 Å². The molecular formula is C9H16N4O2. The van der Waals surface area contributed by atoms with Crippen LogP contribution in [0.15, 0.2) is 0 Å². The van der Waals surface area contributed by atoms with E-state index in [9.17, 15) is 9.90 Å². The van der Waals surface area contributed by atoms with Crippen molar-refractivity contribution in [1.29, 1.82) is 0 Å². The van der Waals surface area contributed by atoms with Crippen molar-refractivity contribution in [3.63, 3.8) is 0 Å². The SMILES string of the molecule is CCCC(C)(O)C(=O)Nc1n[nH]c(C)n1. The molecule has 1 unspecified atom stereocenters. The number of carbonyl (C=O) groups is 1. The maximum atomic E-state index is 11.6. The quantitative estimate of drug-likeness (QED) is 0.681. The summed E-state index contributed by atoms with van der Waals surface area (Å²) in [6.45, 7) is 5.11. The van der Waals surface area contributed by atoms with Crippen LogP contribution in [0, 0.1) is 6.92 Å². The zero-order chi connectivity index (χ0) is 11.5. The predicted molar refractivity (Wildman–Crippen MR) is 55.3 cm³/mol. The van der Waals surface area contributed by atoms with Crippen molar-refractivity contribution in [3.05, 3.63) is 5.82 Å². The van der Waals surface area contributed by atoms with Gasteiger partial charge < -0.3 is 5.11 Å². The number of aromatic nitrogens is 3. The Morgan fingerprint density at radius 2 is 2.33 bits per heavy atom. The standard InChI is InChI=1S/C9H16N4O2/c1-4-5-9(3,15)7(14)11-8-10-6(2)12-13-8/h15H,4-5H2,1-3H3,(H2,10,11,12,13,14). The van der Waals surface area contributed by atoms with Crippen LogP contribution < -0.4 is 5.32 Å². The summed E-state index contributed by atoms with van der Waals surface area (Å²) in [5.41, 5.74) is -1.37. The molecule has 0 saturated heterocycles. The van der Waals surface area contributed by atoms with Crippen molar-refractivity contribution < 1.29 is 9.90 Å². The van der Waals surface area contributed by atoms with Crippen LogP contribution in [0.25, 0.3) is 0 Å². The summed E-state index contributed by atoms with van der Waals surface area (Å²) in [5.74, 6) is 0.317. The smallest absolute Gasteiger partial charge is 0.258 e. The lowest BCUT2D eigenvalue weighted by Crippen LogP contribution is -2.40. The monoisotopic (exact) mass is 212 g/mol. The van der Waals surface area contributed by atoms with E-state index < -0.39 is 11.5 Å². The molecular weight excluding hydrogens is 196 g/mol. The van der Waals surface area contributed by atoms with Gasteiger partial charge in [0.1, 0.15) is 11.4 Å². The van der Waals surface area contributed by atoms with Gasteiger partial charge in [-0.25, -0.2) is 0 Å². The van der Waals surface area contributed by atoms with Crippen molar-refractivity contribution in [2.45, 2.75) is 39.2 Å². The van der Waals surface area contributed by atoms with Gasteiger partial charge in [-0.1, -0.05) is 13.3 Å². The Kier molecular flexibility index (Phi) is 3.41. The normalized spacial score (nSPS) is 14.7. The molecule has 1 atom stereocenters.